The van der Waals surface area contributed by atoms with Crippen LogP contribution in [0.25, 0.3) is 0 Å². The van der Waals surface area contributed by atoms with Crippen molar-refractivity contribution in [3.8, 4) is 0 Å². The van der Waals surface area contributed by atoms with Gasteiger partial charge in [0.05, 0.1) is 13.2 Å². The number of alkyl halides is 2. The molecule has 4 heteroatoms. The summed E-state index contributed by atoms with van der Waals surface area (Å²) in [6.07, 6.45) is 0. The number of nitrogens with zero attached hydrogens (tertiary/aromatic N) is 1. The molecule has 0 spiro atoms. The summed E-state index contributed by atoms with van der Waals surface area (Å²) in [6.45, 7) is 3.31. The first-order valence-corrected chi connectivity index (χ1v) is 5.72. The first kappa shape index (κ1) is 12.5. The van der Waals surface area contributed by atoms with Gasteiger partial charge in [-0.2, -0.15) is 8.78 Å². The van der Waals surface area contributed by atoms with Crippen molar-refractivity contribution in [3.63, 3.8) is 0 Å². The van der Waals surface area contributed by atoms with Gasteiger partial charge in [-0.1, -0.05) is 23.8 Å². The minimum atomic E-state index is -2.75. The van der Waals surface area contributed by atoms with E-state index in [1.165, 1.54) is 0 Å². The van der Waals surface area contributed by atoms with E-state index in [0.717, 1.165) is 11.1 Å². The van der Waals surface area contributed by atoms with Crippen molar-refractivity contribution in [2.24, 2.45) is 0 Å². The van der Waals surface area contributed by atoms with E-state index in [2.05, 4.69) is 0 Å². The molecule has 0 saturated heterocycles. The summed E-state index contributed by atoms with van der Waals surface area (Å²) in [5, 5.41) is 0. The molecule has 1 aromatic rings. The molecule has 2 rings (SSSR count). The van der Waals surface area contributed by atoms with Gasteiger partial charge in [0.25, 0.3) is 5.92 Å². The summed E-state index contributed by atoms with van der Waals surface area (Å²) in [5.41, 5.74) is 1.93. The highest BCUT2D eigenvalue weighted by atomic mass is 19.3. The van der Waals surface area contributed by atoms with Gasteiger partial charge in [0.15, 0.2) is 0 Å². The van der Waals surface area contributed by atoms with Gasteiger partial charge < -0.3 is 4.74 Å². The number of rotatable bonds is 3. The third kappa shape index (κ3) is 2.64. The van der Waals surface area contributed by atoms with Gasteiger partial charge in [-0.25, -0.2) is 0 Å². The summed E-state index contributed by atoms with van der Waals surface area (Å²) in [4.78, 5) is 1.74. The Labute approximate surface area is 100 Å². The molecular weight excluding hydrogens is 224 g/mol. The number of halogens is 2. The number of ether oxygens (including phenoxy) is 1. The van der Waals surface area contributed by atoms with Gasteiger partial charge >= 0.3 is 0 Å². The predicted octanol–water partition coefficient (Wildman–Crippen LogP) is 2.55. The quantitative estimate of drug-likeness (QED) is 0.806. The van der Waals surface area contributed by atoms with Crippen molar-refractivity contribution in [1.82, 2.24) is 4.90 Å². The van der Waals surface area contributed by atoms with Gasteiger partial charge in [-0.15, -0.1) is 0 Å². The van der Waals surface area contributed by atoms with Crippen LogP contribution in [-0.2, 0) is 17.2 Å². The second-order valence-corrected chi connectivity index (χ2v) is 4.57. The average Bonchev–Trinajstić information content (AvgIpc) is 2.24. The Morgan fingerprint density at radius 2 is 2.18 bits per heavy atom. The maximum Gasteiger partial charge on any atom is 0.285 e. The third-order valence-corrected chi connectivity index (χ3v) is 3.08. The minimum Gasteiger partial charge on any atom is -0.383 e. The molecule has 0 saturated carbocycles. The molecule has 0 aromatic heterocycles. The van der Waals surface area contributed by atoms with Crippen LogP contribution in [0.5, 0.6) is 0 Å². The SMILES string of the molecule is COCCN1Cc2cc(C)ccc2C(F)(F)C1. The van der Waals surface area contributed by atoms with Crippen molar-refractivity contribution >= 4 is 0 Å². The van der Waals surface area contributed by atoms with Crippen LogP contribution in [0.15, 0.2) is 18.2 Å². The number of benzene rings is 1. The van der Waals surface area contributed by atoms with Crippen LogP contribution in [0.3, 0.4) is 0 Å². The first-order chi connectivity index (χ1) is 8.03. The van der Waals surface area contributed by atoms with Crippen LogP contribution >= 0.6 is 0 Å². The zero-order chi connectivity index (χ0) is 12.5. The van der Waals surface area contributed by atoms with E-state index >= 15 is 0 Å². The normalized spacial score (nSPS) is 19.1. The molecule has 0 radical (unpaired) electrons. The summed E-state index contributed by atoms with van der Waals surface area (Å²) in [5.74, 6) is -2.75. The maximum atomic E-state index is 13.9. The first-order valence-electron chi connectivity index (χ1n) is 5.72. The van der Waals surface area contributed by atoms with Gasteiger partial charge in [-0.05, 0) is 12.5 Å². The molecule has 0 aliphatic carbocycles. The van der Waals surface area contributed by atoms with E-state index in [-0.39, 0.29) is 12.1 Å². The van der Waals surface area contributed by atoms with Gasteiger partial charge in [0, 0.05) is 25.8 Å². The monoisotopic (exact) mass is 241 g/mol. The fraction of sp³-hybridized carbons (Fsp3) is 0.538. The fourth-order valence-electron chi connectivity index (χ4n) is 2.25. The Hall–Kier alpha value is -1.00. The van der Waals surface area contributed by atoms with Crippen molar-refractivity contribution in [2.45, 2.75) is 19.4 Å². The number of fused-ring (bicyclic) bond motifs is 1. The van der Waals surface area contributed by atoms with Crippen molar-refractivity contribution in [1.29, 1.82) is 0 Å². The number of methoxy groups -OCH3 is 1. The van der Waals surface area contributed by atoms with E-state index in [1.807, 2.05) is 13.0 Å². The van der Waals surface area contributed by atoms with Crippen molar-refractivity contribution in [2.75, 3.05) is 26.8 Å². The lowest BCUT2D eigenvalue weighted by Gasteiger charge is -2.34. The molecule has 0 bridgehead atoms. The summed E-state index contributed by atoms with van der Waals surface area (Å²) < 4.78 is 32.8. The highest BCUT2D eigenvalue weighted by Crippen LogP contribution is 2.36. The van der Waals surface area contributed by atoms with Crippen LogP contribution in [-0.4, -0.2) is 31.7 Å². The van der Waals surface area contributed by atoms with E-state index in [1.54, 1.807) is 24.1 Å². The summed E-state index contributed by atoms with van der Waals surface area (Å²) in [7, 11) is 1.58. The van der Waals surface area contributed by atoms with E-state index < -0.39 is 5.92 Å². The Morgan fingerprint density at radius 3 is 2.88 bits per heavy atom. The largest absolute Gasteiger partial charge is 0.383 e. The molecule has 1 aliphatic heterocycles. The summed E-state index contributed by atoms with van der Waals surface area (Å²) in [6, 6.07) is 5.15. The molecule has 17 heavy (non-hydrogen) atoms. The zero-order valence-corrected chi connectivity index (χ0v) is 10.2. The maximum absolute atomic E-state index is 13.9. The van der Waals surface area contributed by atoms with Crippen molar-refractivity contribution in [3.05, 3.63) is 34.9 Å². The second kappa shape index (κ2) is 4.70. The molecule has 0 atom stereocenters. The third-order valence-electron chi connectivity index (χ3n) is 3.08. The molecule has 0 fully saturated rings. The molecule has 94 valence electrons. The summed E-state index contributed by atoms with van der Waals surface area (Å²) >= 11 is 0. The van der Waals surface area contributed by atoms with Crippen LogP contribution < -0.4 is 0 Å². The number of aryl methyl sites for hydroxylation is 1. The molecule has 0 N–H and O–H groups in total. The highest BCUT2D eigenvalue weighted by molar-refractivity contribution is 5.36. The van der Waals surface area contributed by atoms with Gasteiger partial charge in [0.2, 0.25) is 0 Å². The van der Waals surface area contributed by atoms with Crippen LogP contribution in [0.1, 0.15) is 16.7 Å². The zero-order valence-electron chi connectivity index (χ0n) is 10.2. The Kier molecular flexibility index (Phi) is 3.45. The molecule has 1 aromatic carbocycles. The van der Waals surface area contributed by atoms with Gasteiger partial charge in [-0.3, -0.25) is 4.90 Å². The average molecular weight is 241 g/mol. The van der Waals surface area contributed by atoms with Crippen molar-refractivity contribution < 1.29 is 13.5 Å². The van der Waals surface area contributed by atoms with E-state index in [4.69, 9.17) is 4.74 Å². The predicted molar refractivity (Wildman–Crippen MR) is 62.2 cm³/mol. The second-order valence-electron chi connectivity index (χ2n) is 4.57. The topological polar surface area (TPSA) is 12.5 Å². The standard InChI is InChI=1S/C13H17F2NO/c1-10-3-4-12-11(7-10)8-16(5-6-17-2)9-13(12,14)15/h3-4,7H,5-6,8-9H2,1-2H3. The van der Waals surface area contributed by atoms with E-state index in [0.29, 0.717) is 19.7 Å². The Morgan fingerprint density at radius 1 is 1.41 bits per heavy atom. The smallest absolute Gasteiger partial charge is 0.285 e. The number of hydrogen-bond acceptors (Lipinski definition) is 2. The Bertz CT molecular complexity index is 406. The van der Waals surface area contributed by atoms with E-state index in [9.17, 15) is 8.78 Å². The lowest BCUT2D eigenvalue weighted by atomic mass is 9.95. The lowest BCUT2D eigenvalue weighted by molar-refractivity contribution is -0.0560. The molecular formula is C13H17F2NO. The minimum absolute atomic E-state index is 0.178. The van der Waals surface area contributed by atoms with Crippen LogP contribution in [0.2, 0.25) is 0 Å². The van der Waals surface area contributed by atoms with Gasteiger partial charge in [0.1, 0.15) is 0 Å². The molecule has 1 aliphatic rings. The molecule has 0 unspecified atom stereocenters. The number of hydrogen-bond donors (Lipinski definition) is 0. The molecule has 1 heterocycles. The molecule has 0 amide bonds. The highest BCUT2D eigenvalue weighted by Gasteiger charge is 2.39. The lowest BCUT2D eigenvalue weighted by Crippen LogP contribution is -2.41. The Balaban J connectivity index is 2.25. The molecule has 2 nitrogen and oxygen atoms in total. The fourth-order valence-corrected chi connectivity index (χ4v) is 2.25. The van der Waals surface area contributed by atoms with Crippen LogP contribution in [0.4, 0.5) is 8.78 Å². The van der Waals surface area contributed by atoms with Crippen LogP contribution in [0, 0.1) is 6.92 Å².